The van der Waals surface area contributed by atoms with Gasteiger partial charge in [-0.2, -0.15) is 0 Å². The van der Waals surface area contributed by atoms with Crippen LogP contribution >= 0.6 is 0 Å². The minimum absolute atomic E-state index is 0.345. The highest BCUT2D eigenvalue weighted by atomic mass is 16.5. The Morgan fingerprint density at radius 3 is 2.65 bits per heavy atom. The molecule has 4 heteroatoms. The zero-order chi connectivity index (χ0) is 12.7. The van der Waals surface area contributed by atoms with Crippen LogP contribution in [0, 0.1) is 5.92 Å². The molecule has 4 nitrogen and oxygen atoms in total. The number of carbonyl (C=O) groups excluding carboxylic acids is 1. The Balaban J connectivity index is 2.05. The molecule has 0 aromatic heterocycles. The summed E-state index contributed by atoms with van der Waals surface area (Å²) in [7, 11) is 0. The molecule has 0 radical (unpaired) electrons. The molecule has 2 N–H and O–H groups in total. The lowest BCUT2D eigenvalue weighted by Gasteiger charge is -2.25. The average Bonchev–Trinajstić information content (AvgIpc) is 2.20. The van der Waals surface area contributed by atoms with E-state index in [-0.39, 0.29) is 5.97 Å². The van der Waals surface area contributed by atoms with Gasteiger partial charge >= 0.3 is 5.97 Å². The van der Waals surface area contributed by atoms with Crippen LogP contribution in [0.25, 0.3) is 0 Å². The molecule has 0 bridgehead atoms. The summed E-state index contributed by atoms with van der Waals surface area (Å²) in [6, 6.07) is 0. The molecule has 0 aromatic carbocycles. The van der Waals surface area contributed by atoms with Crippen molar-refractivity contribution in [2.24, 2.45) is 11.7 Å². The predicted octanol–water partition coefficient (Wildman–Crippen LogP) is 1.86. The summed E-state index contributed by atoms with van der Waals surface area (Å²) in [6.45, 7) is 5.15. The molecule has 1 aliphatic rings. The Kier molecular flexibility index (Phi) is 5.92. The van der Waals surface area contributed by atoms with Gasteiger partial charge in [-0.25, -0.2) is 0 Å². The molecule has 0 spiro atoms. The van der Waals surface area contributed by atoms with Gasteiger partial charge < -0.3 is 15.2 Å². The molecule has 1 rings (SSSR count). The van der Waals surface area contributed by atoms with Gasteiger partial charge in [-0.15, -0.1) is 0 Å². The molecular formula is C13H25NO3. The maximum absolute atomic E-state index is 11.5. The zero-order valence-corrected chi connectivity index (χ0v) is 11.0. The van der Waals surface area contributed by atoms with Gasteiger partial charge in [-0.05, 0) is 32.6 Å². The van der Waals surface area contributed by atoms with Gasteiger partial charge in [0.25, 0.3) is 0 Å². The Bertz CT molecular complexity index is 237. The second-order valence-corrected chi connectivity index (χ2v) is 5.09. The molecule has 1 unspecified atom stereocenters. The van der Waals surface area contributed by atoms with Crippen LogP contribution in [0.3, 0.4) is 0 Å². The number of esters is 1. The Labute approximate surface area is 104 Å². The van der Waals surface area contributed by atoms with Crippen molar-refractivity contribution >= 4 is 5.97 Å². The normalized spacial score (nSPS) is 19.5. The van der Waals surface area contributed by atoms with Crippen LogP contribution in [0.4, 0.5) is 0 Å². The fraction of sp³-hybridized carbons (Fsp3) is 0.923. The molecule has 0 heterocycles. The first-order valence-electron chi connectivity index (χ1n) is 6.60. The van der Waals surface area contributed by atoms with Crippen LogP contribution in [0.2, 0.25) is 0 Å². The minimum atomic E-state index is -0.924. The molecule has 1 atom stereocenters. The highest BCUT2D eigenvalue weighted by molar-refractivity contribution is 5.79. The van der Waals surface area contributed by atoms with E-state index in [1.54, 1.807) is 13.8 Å². The fourth-order valence-electron chi connectivity index (χ4n) is 1.82. The highest BCUT2D eigenvalue weighted by Gasteiger charge is 2.29. The summed E-state index contributed by atoms with van der Waals surface area (Å²) in [4.78, 5) is 11.5. The van der Waals surface area contributed by atoms with Gasteiger partial charge in [-0.3, -0.25) is 4.79 Å². The summed E-state index contributed by atoms with van der Waals surface area (Å²) in [5.74, 6) is 0.520. The lowest BCUT2D eigenvalue weighted by atomic mass is 9.83. The lowest BCUT2D eigenvalue weighted by molar-refractivity contribution is -0.149. The van der Waals surface area contributed by atoms with Gasteiger partial charge in [0.05, 0.1) is 6.61 Å². The van der Waals surface area contributed by atoms with Crippen LogP contribution < -0.4 is 5.73 Å². The van der Waals surface area contributed by atoms with Gasteiger partial charge in [0.1, 0.15) is 5.54 Å². The van der Waals surface area contributed by atoms with E-state index in [1.165, 1.54) is 19.3 Å². The minimum Gasteiger partial charge on any atom is -0.465 e. The van der Waals surface area contributed by atoms with Gasteiger partial charge in [0, 0.05) is 13.2 Å². The smallest absolute Gasteiger partial charge is 0.325 e. The van der Waals surface area contributed by atoms with Gasteiger partial charge in [0.2, 0.25) is 0 Å². The second-order valence-electron chi connectivity index (χ2n) is 5.09. The topological polar surface area (TPSA) is 61.5 Å². The summed E-state index contributed by atoms with van der Waals surface area (Å²) in [6.07, 6.45) is 5.72. The van der Waals surface area contributed by atoms with E-state index in [0.29, 0.717) is 19.6 Å². The quantitative estimate of drug-likeness (QED) is 0.522. The number of hydrogen-bond donors (Lipinski definition) is 1. The first-order chi connectivity index (χ1) is 8.06. The fourth-order valence-corrected chi connectivity index (χ4v) is 1.82. The maximum atomic E-state index is 11.5. The molecule has 0 saturated heterocycles. The zero-order valence-electron chi connectivity index (χ0n) is 11.0. The molecule has 1 aliphatic carbocycles. The van der Waals surface area contributed by atoms with Crippen molar-refractivity contribution in [3.63, 3.8) is 0 Å². The maximum Gasteiger partial charge on any atom is 0.325 e. The van der Waals surface area contributed by atoms with E-state index < -0.39 is 5.54 Å². The number of rotatable bonds is 8. The summed E-state index contributed by atoms with van der Waals surface area (Å²) >= 11 is 0. The molecule has 0 aromatic rings. The van der Waals surface area contributed by atoms with Crippen molar-refractivity contribution in [3.05, 3.63) is 0 Å². The van der Waals surface area contributed by atoms with Crippen molar-refractivity contribution in [3.8, 4) is 0 Å². The van der Waals surface area contributed by atoms with E-state index in [0.717, 1.165) is 18.9 Å². The number of nitrogens with two attached hydrogens (primary N) is 1. The molecule has 100 valence electrons. The van der Waals surface area contributed by atoms with Crippen LogP contribution in [0.1, 0.15) is 46.0 Å². The van der Waals surface area contributed by atoms with Crippen molar-refractivity contribution in [1.29, 1.82) is 0 Å². The van der Waals surface area contributed by atoms with Crippen molar-refractivity contribution < 1.29 is 14.3 Å². The van der Waals surface area contributed by atoms with E-state index in [4.69, 9.17) is 15.2 Å². The number of carbonyl (C=O) groups is 1. The second kappa shape index (κ2) is 6.97. The Hall–Kier alpha value is -0.610. The van der Waals surface area contributed by atoms with Crippen LogP contribution in [-0.2, 0) is 14.3 Å². The van der Waals surface area contributed by atoms with Crippen LogP contribution in [0.5, 0.6) is 0 Å². The first-order valence-corrected chi connectivity index (χ1v) is 6.60. The lowest BCUT2D eigenvalue weighted by Crippen LogP contribution is -2.47. The predicted molar refractivity (Wildman–Crippen MR) is 66.6 cm³/mol. The van der Waals surface area contributed by atoms with E-state index in [1.807, 2.05) is 0 Å². The van der Waals surface area contributed by atoms with Crippen molar-refractivity contribution in [2.45, 2.75) is 51.5 Å². The number of hydrogen-bond acceptors (Lipinski definition) is 4. The van der Waals surface area contributed by atoms with Crippen LogP contribution in [0.15, 0.2) is 0 Å². The molecule has 0 aliphatic heterocycles. The van der Waals surface area contributed by atoms with E-state index in [2.05, 4.69) is 0 Å². The first kappa shape index (κ1) is 14.5. The highest BCUT2D eigenvalue weighted by Crippen LogP contribution is 2.29. The van der Waals surface area contributed by atoms with Crippen molar-refractivity contribution in [2.75, 3.05) is 19.8 Å². The SMILES string of the molecule is CCOC(=O)C(C)(N)CCOCCC1CCC1. The van der Waals surface area contributed by atoms with E-state index in [9.17, 15) is 4.79 Å². The van der Waals surface area contributed by atoms with Crippen molar-refractivity contribution in [1.82, 2.24) is 0 Å². The summed E-state index contributed by atoms with van der Waals surface area (Å²) in [5.41, 5.74) is 4.95. The van der Waals surface area contributed by atoms with Crippen LogP contribution in [-0.4, -0.2) is 31.3 Å². The average molecular weight is 243 g/mol. The third-order valence-corrected chi connectivity index (χ3v) is 3.40. The standard InChI is InChI=1S/C13H25NO3/c1-3-17-12(15)13(2,14)8-10-16-9-7-11-5-4-6-11/h11H,3-10,14H2,1-2H3. The molecule has 1 fully saturated rings. The van der Waals surface area contributed by atoms with E-state index >= 15 is 0 Å². The number of ether oxygens (including phenoxy) is 2. The summed E-state index contributed by atoms with van der Waals surface area (Å²) < 4.78 is 10.4. The Morgan fingerprint density at radius 2 is 2.12 bits per heavy atom. The molecule has 17 heavy (non-hydrogen) atoms. The third-order valence-electron chi connectivity index (χ3n) is 3.40. The molecule has 0 amide bonds. The Morgan fingerprint density at radius 1 is 1.41 bits per heavy atom. The molecule has 1 saturated carbocycles. The van der Waals surface area contributed by atoms with Gasteiger partial charge in [-0.1, -0.05) is 19.3 Å². The summed E-state index contributed by atoms with van der Waals surface area (Å²) in [5, 5.41) is 0. The monoisotopic (exact) mass is 243 g/mol. The van der Waals surface area contributed by atoms with Gasteiger partial charge in [0.15, 0.2) is 0 Å². The largest absolute Gasteiger partial charge is 0.465 e. The molecular weight excluding hydrogens is 218 g/mol. The third kappa shape index (κ3) is 5.04.